The van der Waals surface area contributed by atoms with Crippen molar-refractivity contribution in [1.82, 2.24) is 19.8 Å². The first-order valence-electron chi connectivity index (χ1n) is 14.0. The Morgan fingerprint density at radius 2 is 1.65 bits per heavy atom. The van der Waals surface area contributed by atoms with Gasteiger partial charge in [-0.25, -0.2) is 27.9 Å². The van der Waals surface area contributed by atoms with E-state index in [2.05, 4.69) is 14.9 Å². The van der Waals surface area contributed by atoms with Gasteiger partial charge in [-0.1, -0.05) is 12.5 Å². The van der Waals surface area contributed by atoms with Gasteiger partial charge in [-0.2, -0.15) is 0 Å². The van der Waals surface area contributed by atoms with Crippen LogP contribution in [0.1, 0.15) is 60.3 Å². The molecule has 2 saturated heterocycles. The maximum Gasteiger partial charge on any atom is 0.411 e. The van der Waals surface area contributed by atoms with Crippen LogP contribution in [0.4, 0.5) is 23.7 Å². The van der Waals surface area contributed by atoms with Crippen LogP contribution in [0.25, 0.3) is 0 Å². The van der Waals surface area contributed by atoms with E-state index in [0.717, 1.165) is 39.1 Å². The number of likely N-dealkylation sites (tertiary alicyclic amines) is 2. The molecule has 40 heavy (non-hydrogen) atoms. The second-order valence-corrected chi connectivity index (χ2v) is 11.1. The zero-order valence-electron chi connectivity index (χ0n) is 23.2. The lowest BCUT2D eigenvalue weighted by molar-refractivity contribution is -0.0337. The van der Waals surface area contributed by atoms with Gasteiger partial charge in [0.2, 0.25) is 5.92 Å². The maximum atomic E-state index is 13.5. The minimum atomic E-state index is -2.32. The van der Waals surface area contributed by atoms with E-state index in [-0.39, 0.29) is 18.7 Å². The number of benzene rings is 1. The van der Waals surface area contributed by atoms with Crippen LogP contribution in [0.5, 0.6) is 0 Å². The second-order valence-electron chi connectivity index (χ2n) is 11.1. The molecule has 2 atom stereocenters. The molecule has 1 aliphatic carbocycles. The van der Waals surface area contributed by atoms with E-state index in [9.17, 15) is 27.9 Å². The number of carbonyl (C=O) groups is 2. The molecule has 2 unspecified atom stereocenters. The number of alkyl halides is 2. The average Bonchev–Trinajstić information content (AvgIpc) is 3.45. The summed E-state index contributed by atoms with van der Waals surface area (Å²) in [6.07, 6.45) is 3.72. The fourth-order valence-corrected chi connectivity index (χ4v) is 6.00. The number of fused-ring (bicyclic) bond motifs is 1. The van der Waals surface area contributed by atoms with Crippen molar-refractivity contribution in [2.45, 2.75) is 58.3 Å². The Morgan fingerprint density at radius 1 is 1.02 bits per heavy atom. The van der Waals surface area contributed by atoms with E-state index in [0.29, 0.717) is 60.3 Å². The number of hydrogen-bond acceptors (Lipinski definition) is 5. The molecular weight excluding hydrogens is 523 g/mol. The smallest absolute Gasteiger partial charge is 0.411 e. The van der Waals surface area contributed by atoms with E-state index in [1.807, 2.05) is 18.7 Å². The number of amides is 2. The maximum absolute atomic E-state index is 13.5. The lowest BCUT2D eigenvalue weighted by Gasteiger charge is -2.24. The number of anilines is 1. The number of aryl methyl sites for hydroxylation is 2. The summed E-state index contributed by atoms with van der Waals surface area (Å²) in [7, 11) is 0. The lowest BCUT2D eigenvalue weighted by atomic mass is 9.97. The highest BCUT2D eigenvalue weighted by molar-refractivity contribution is 5.96. The standard InChI is InChI=1S/C23H28FN5O3.C6H10F2/c1-15-21(16(2)26-14-25-15)22(30)28-12-17-10-27(11-18(17)13-28)7-4-8-29(23(31)32)20-6-3-5-19(24)9-20;7-6(8)4-2-1-3-5-6/h3,5-6,9,14,17-18H,4,7-8,10-13H2,1-2H3,(H,31,32);1-5H2. The highest BCUT2D eigenvalue weighted by Gasteiger charge is 2.42. The Morgan fingerprint density at radius 3 is 2.17 bits per heavy atom. The van der Waals surface area contributed by atoms with Gasteiger partial charge in [0, 0.05) is 51.3 Å². The average molecular weight is 562 g/mol. The molecular formula is C29H38F3N5O3. The molecule has 0 bridgehead atoms. The van der Waals surface area contributed by atoms with Crippen LogP contribution in [0.3, 0.4) is 0 Å². The van der Waals surface area contributed by atoms with E-state index >= 15 is 0 Å². The SMILES string of the molecule is Cc1ncnc(C)c1C(=O)N1CC2CN(CCCN(C(=O)O)c3cccc(F)c3)CC2C1.FC1(F)CCCCC1. The zero-order chi connectivity index (χ0) is 28.9. The van der Waals surface area contributed by atoms with Gasteiger partial charge in [0.25, 0.3) is 5.91 Å². The largest absolute Gasteiger partial charge is 0.465 e. The van der Waals surface area contributed by atoms with Gasteiger partial charge < -0.3 is 14.9 Å². The molecule has 5 rings (SSSR count). The number of nitrogens with zero attached hydrogens (tertiary/aromatic N) is 5. The quantitative estimate of drug-likeness (QED) is 0.508. The van der Waals surface area contributed by atoms with Crippen LogP contribution in [0.2, 0.25) is 0 Å². The predicted molar refractivity (Wildman–Crippen MR) is 145 cm³/mol. The number of hydrogen-bond donors (Lipinski definition) is 1. The summed E-state index contributed by atoms with van der Waals surface area (Å²) >= 11 is 0. The molecule has 218 valence electrons. The van der Waals surface area contributed by atoms with Gasteiger partial charge >= 0.3 is 6.09 Å². The topological polar surface area (TPSA) is 89.9 Å². The zero-order valence-corrected chi connectivity index (χ0v) is 23.2. The van der Waals surface area contributed by atoms with Crippen LogP contribution in [-0.4, -0.2) is 82.1 Å². The Hall–Kier alpha value is -3.21. The molecule has 11 heteroatoms. The Balaban J connectivity index is 0.000000398. The van der Waals surface area contributed by atoms with Crippen molar-refractivity contribution in [3.05, 3.63) is 53.4 Å². The van der Waals surface area contributed by atoms with E-state index in [1.165, 1.54) is 29.4 Å². The molecule has 2 aromatic rings. The molecule has 3 heterocycles. The first-order chi connectivity index (χ1) is 19.0. The van der Waals surface area contributed by atoms with Crippen LogP contribution in [0.15, 0.2) is 30.6 Å². The molecule has 3 fully saturated rings. The minimum absolute atomic E-state index is 0.00810. The molecule has 2 aliphatic heterocycles. The van der Waals surface area contributed by atoms with Gasteiger partial charge in [0.05, 0.1) is 17.0 Å². The van der Waals surface area contributed by atoms with Gasteiger partial charge in [-0.3, -0.25) is 9.69 Å². The summed E-state index contributed by atoms with van der Waals surface area (Å²) in [5.74, 6) is -1.93. The van der Waals surface area contributed by atoms with Gasteiger partial charge in [-0.05, 0) is 69.7 Å². The number of carbonyl (C=O) groups excluding carboxylic acids is 1. The van der Waals surface area contributed by atoms with E-state index in [4.69, 9.17) is 0 Å². The third kappa shape index (κ3) is 7.50. The second kappa shape index (κ2) is 13.0. The number of halogens is 3. The summed E-state index contributed by atoms with van der Waals surface area (Å²) in [6.45, 7) is 7.98. The van der Waals surface area contributed by atoms with Crippen molar-refractivity contribution in [1.29, 1.82) is 0 Å². The molecule has 1 aromatic carbocycles. The predicted octanol–water partition coefficient (Wildman–Crippen LogP) is 5.40. The van der Waals surface area contributed by atoms with E-state index < -0.39 is 17.8 Å². The minimum Gasteiger partial charge on any atom is -0.465 e. The first kappa shape index (κ1) is 29.8. The lowest BCUT2D eigenvalue weighted by Crippen LogP contribution is -2.36. The third-order valence-corrected chi connectivity index (χ3v) is 8.08. The molecule has 0 radical (unpaired) electrons. The van der Waals surface area contributed by atoms with Crippen molar-refractivity contribution >= 4 is 17.7 Å². The summed E-state index contributed by atoms with van der Waals surface area (Å²) < 4.78 is 37.9. The van der Waals surface area contributed by atoms with Crippen LogP contribution in [0, 0.1) is 31.5 Å². The molecule has 1 saturated carbocycles. The summed E-state index contributed by atoms with van der Waals surface area (Å²) in [5.41, 5.74) is 2.38. The molecule has 3 aliphatic rings. The summed E-state index contributed by atoms with van der Waals surface area (Å²) in [6, 6.07) is 5.65. The highest BCUT2D eigenvalue weighted by atomic mass is 19.3. The van der Waals surface area contributed by atoms with Gasteiger partial charge in [0.15, 0.2) is 0 Å². The van der Waals surface area contributed by atoms with Crippen molar-refractivity contribution in [2.75, 3.05) is 44.2 Å². The Bertz CT molecular complexity index is 1160. The first-order valence-corrected chi connectivity index (χ1v) is 14.0. The highest BCUT2D eigenvalue weighted by Crippen LogP contribution is 2.33. The number of rotatable bonds is 6. The molecule has 8 nitrogen and oxygen atoms in total. The van der Waals surface area contributed by atoms with Gasteiger partial charge in [0.1, 0.15) is 12.1 Å². The van der Waals surface area contributed by atoms with Crippen LogP contribution in [-0.2, 0) is 0 Å². The molecule has 1 N–H and O–H groups in total. The fraction of sp³-hybridized carbons (Fsp3) is 0.586. The fourth-order valence-electron chi connectivity index (χ4n) is 6.00. The van der Waals surface area contributed by atoms with Crippen molar-refractivity contribution in [3.63, 3.8) is 0 Å². The van der Waals surface area contributed by atoms with Gasteiger partial charge in [-0.15, -0.1) is 0 Å². The van der Waals surface area contributed by atoms with Crippen molar-refractivity contribution < 1.29 is 27.9 Å². The normalized spacial score (nSPS) is 21.9. The molecule has 0 spiro atoms. The van der Waals surface area contributed by atoms with Crippen LogP contribution >= 0.6 is 0 Å². The Kier molecular flexibility index (Phi) is 9.65. The number of carboxylic acid groups (broad SMARTS) is 1. The monoisotopic (exact) mass is 561 g/mol. The van der Waals surface area contributed by atoms with E-state index in [1.54, 1.807) is 6.07 Å². The summed E-state index contributed by atoms with van der Waals surface area (Å²) in [5, 5.41) is 9.50. The molecule has 1 aromatic heterocycles. The summed E-state index contributed by atoms with van der Waals surface area (Å²) in [4.78, 5) is 38.4. The third-order valence-electron chi connectivity index (χ3n) is 8.08. The Labute approximate surface area is 233 Å². The van der Waals surface area contributed by atoms with Crippen molar-refractivity contribution in [3.8, 4) is 0 Å². The van der Waals surface area contributed by atoms with Crippen LogP contribution < -0.4 is 4.90 Å². The number of aromatic nitrogens is 2. The van der Waals surface area contributed by atoms with Crippen molar-refractivity contribution in [2.24, 2.45) is 11.8 Å². The molecule has 2 amide bonds.